The fourth-order valence-corrected chi connectivity index (χ4v) is 4.86. The lowest BCUT2D eigenvalue weighted by atomic mass is 9.97. The zero-order valence-electron chi connectivity index (χ0n) is 23.5. The highest BCUT2D eigenvalue weighted by Crippen LogP contribution is 2.36. The lowest BCUT2D eigenvalue weighted by Crippen LogP contribution is -2.29. The summed E-state index contributed by atoms with van der Waals surface area (Å²) >= 11 is 0. The fraction of sp³-hybridized carbons (Fsp3) is 0.206. The highest BCUT2D eigenvalue weighted by molar-refractivity contribution is 6.12. The largest absolute Gasteiger partial charge is 0.488 e. The van der Waals surface area contributed by atoms with Gasteiger partial charge in [-0.3, -0.25) is 0 Å². The summed E-state index contributed by atoms with van der Waals surface area (Å²) in [5.41, 5.74) is 6.19. The SMILES string of the molecule is CC(C)c1cc(/C(=N/N)N(C)c2ccc3c(ccn3C)c2)c(OCc2ccccc2)cc1OCc1ccccc1. The van der Waals surface area contributed by atoms with Crippen LogP contribution in [0.25, 0.3) is 10.9 Å². The van der Waals surface area contributed by atoms with Gasteiger partial charge in [-0.2, -0.15) is 5.10 Å². The first kappa shape index (κ1) is 26.9. The Kier molecular flexibility index (Phi) is 8.06. The zero-order chi connectivity index (χ0) is 28.1. The van der Waals surface area contributed by atoms with Gasteiger partial charge in [0, 0.05) is 42.9 Å². The highest BCUT2D eigenvalue weighted by Gasteiger charge is 2.22. The van der Waals surface area contributed by atoms with Gasteiger partial charge in [-0.05, 0) is 52.9 Å². The van der Waals surface area contributed by atoms with Crippen LogP contribution in [0.1, 0.15) is 42.0 Å². The van der Waals surface area contributed by atoms with E-state index in [1.165, 1.54) is 0 Å². The van der Waals surface area contributed by atoms with Crippen LogP contribution in [0.15, 0.2) is 108 Å². The molecule has 0 aliphatic heterocycles. The molecule has 0 aliphatic carbocycles. The molecule has 0 saturated heterocycles. The summed E-state index contributed by atoms with van der Waals surface area (Å²) in [7, 11) is 4.02. The van der Waals surface area contributed by atoms with E-state index in [-0.39, 0.29) is 5.92 Å². The molecule has 0 fully saturated rings. The second-order valence-corrected chi connectivity index (χ2v) is 10.3. The van der Waals surface area contributed by atoms with Crippen LogP contribution in [0.3, 0.4) is 0 Å². The normalized spacial score (nSPS) is 11.7. The van der Waals surface area contributed by atoms with Crippen LogP contribution in [0.5, 0.6) is 11.5 Å². The molecule has 0 unspecified atom stereocenters. The number of ether oxygens (including phenoxy) is 2. The Morgan fingerprint density at radius 3 is 2.05 bits per heavy atom. The summed E-state index contributed by atoms with van der Waals surface area (Å²) in [6.07, 6.45) is 2.06. The minimum absolute atomic E-state index is 0.206. The van der Waals surface area contributed by atoms with Crippen LogP contribution in [-0.4, -0.2) is 17.5 Å². The van der Waals surface area contributed by atoms with Crippen LogP contribution in [-0.2, 0) is 20.3 Å². The molecular formula is C34H36N4O2. The minimum Gasteiger partial charge on any atom is -0.488 e. The van der Waals surface area contributed by atoms with E-state index >= 15 is 0 Å². The topological polar surface area (TPSA) is 65.0 Å². The van der Waals surface area contributed by atoms with E-state index in [0.717, 1.165) is 44.6 Å². The van der Waals surface area contributed by atoms with Crippen molar-refractivity contribution >= 4 is 22.4 Å². The van der Waals surface area contributed by atoms with E-state index in [9.17, 15) is 0 Å². The average molecular weight is 533 g/mol. The number of amidine groups is 1. The van der Waals surface area contributed by atoms with Gasteiger partial charge in [0.1, 0.15) is 24.7 Å². The van der Waals surface area contributed by atoms with Crippen molar-refractivity contribution in [2.75, 3.05) is 11.9 Å². The third-order valence-corrected chi connectivity index (χ3v) is 7.15. The molecule has 0 aliphatic rings. The number of hydrogen-bond donors (Lipinski definition) is 1. The van der Waals surface area contributed by atoms with Crippen molar-refractivity contribution in [2.45, 2.75) is 33.0 Å². The van der Waals surface area contributed by atoms with Gasteiger partial charge in [0.05, 0.1) is 5.56 Å². The maximum absolute atomic E-state index is 6.45. The predicted octanol–water partition coefficient (Wildman–Crippen LogP) is 7.22. The van der Waals surface area contributed by atoms with E-state index in [1.54, 1.807) is 0 Å². The number of rotatable bonds is 9. The van der Waals surface area contributed by atoms with Crippen molar-refractivity contribution in [1.82, 2.24) is 4.57 Å². The second-order valence-electron chi connectivity index (χ2n) is 10.3. The molecule has 0 amide bonds. The zero-order valence-corrected chi connectivity index (χ0v) is 23.5. The molecule has 0 saturated carbocycles. The number of aromatic nitrogens is 1. The van der Waals surface area contributed by atoms with E-state index < -0.39 is 0 Å². The summed E-state index contributed by atoms with van der Waals surface area (Å²) < 4.78 is 14.9. The summed E-state index contributed by atoms with van der Waals surface area (Å²) in [4.78, 5) is 2.01. The number of benzene rings is 4. The van der Waals surface area contributed by atoms with Crippen molar-refractivity contribution in [3.8, 4) is 11.5 Å². The molecule has 4 aromatic carbocycles. The molecule has 0 spiro atoms. The molecule has 0 atom stereocenters. The molecule has 2 N–H and O–H groups in total. The van der Waals surface area contributed by atoms with Crippen LogP contribution in [0.2, 0.25) is 0 Å². The molecule has 204 valence electrons. The van der Waals surface area contributed by atoms with Crippen molar-refractivity contribution in [3.63, 3.8) is 0 Å². The molecule has 0 radical (unpaired) electrons. The first-order valence-corrected chi connectivity index (χ1v) is 13.5. The fourth-order valence-electron chi connectivity index (χ4n) is 4.86. The van der Waals surface area contributed by atoms with E-state index in [1.807, 2.05) is 73.6 Å². The van der Waals surface area contributed by atoms with Crippen molar-refractivity contribution < 1.29 is 9.47 Å². The second kappa shape index (κ2) is 12.0. The van der Waals surface area contributed by atoms with Gasteiger partial charge in [0.15, 0.2) is 5.84 Å². The smallest absolute Gasteiger partial charge is 0.163 e. The van der Waals surface area contributed by atoms with Gasteiger partial charge in [0.25, 0.3) is 0 Å². The summed E-state index contributed by atoms with van der Waals surface area (Å²) in [6, 6.07) is 32.8. The average Bonchev–Trinajstić information content (AvgIpc) is 3.36. The van der Waals surface area contributed by atoms with Gasteiger partial charge >= 0.3 is 0 Å². The number of hydrogen-bond acceptors (Lipinski definition) is 4. The van der Waals surface area contributed by atoms with E-state index in [0.29, 0.717) is 24.8 Å². The van der Waals surface area contributed by atoms with Gasteiger partial charge in [-0.25, -0.2) is 0 Å². The molecule has 5 rings (SSSR count). The van der Waals surface area contributed by atoms with Gasteiger partial charge < -0.3 is 24.8 Å². The maximum atomic E-state index is 6.45. The maximum Gasteiger partial charge on any atom is 0.163 e. The minimum atomic E-state index is 0.206. The Morgan fingerprint density at radius 1 is 0.825 bits per heavy atom. The van der Waals surface area contributed by atoms with E-state index in [2.05, 4.69) is 72.2 Å². The van der Waals surface area contributed by atoms with Crippen LogP contribution >= 0.6 is 0 Å². The number of aryl methyl sites for hydroxylation is 1. The number of nitrogens with two attached hydrogens (primary N) is 1. The molecule has 6 heteroatoms. The van der Waals surface area contributed by atoms with Gasteiger partial charge in [-0.15, -0.1) is 0 Å². The first-order chi connectivity index (χ1) is 19.4. The number of anilines is 1. The van der Waals surface area contributed by atoms with Crippen molar-refractivity contribution in [1.29, 1.82) is 0 Å². The molecule has 1 heterocycles. The van der Waals surface area contributed by atoms with E-state index in [4.69, 9.17) is 15.3 Å². The Balaban J connectivity index is 1.54. The molecule has 5 aromatic rings. The Hall–Kier alpha value is -4.71. The standard InChI is InChI=1S/C34H36N4O2/c1-24(2)29-20-30(34(36-35)38(4)28-15-16-31-27(19-28)17-18-37(31)3)33(40-23-26-13-9-6-10-14-26)21-32(29)39-22-25-11-7-5-8-12-25/h5-21,24H,22-23,35H2,1-4H3/b36-34-. The van der Waals surface area contributed by atoms with Crippen LogP contribution < -0.4 is 20.2 Å². The molecular weight excluding hydrogens is 496 g/mol. The summed E-state index contributed by atoms with van der Waals surface area (Å²) in [5.74, 6) is 8.35. The van der Waals surface area contributed by atoms with Crippen molar-refractivity contribution in [3.05, 3.63) is 126 Å². The van der Waals surface area contributed by atoms with Gasteiger partial charge in [0.2, 0.25) is 0 Å². The van der Waals surface area contributed by atoms with Crippen LogP contribution in [0, 0.1) is 0 Å². The third kappa shape index (κ3) is 5.81. The molecule has 6 nitrogen and oxygen atoms in total. The Labute approximate surface area is 236 Å². The van der Waals surface area contributed by atoms with Crippen LogP contribution in [0.4, 0.5) is 5.69 Å². The third-order valence-electron chi connectivity index (χ3n) is 7.15. The summed E-state index contributed by atoms with van der Waals surface area (Å²) in [6.45, 7) is 5.19. The van der Waals surface area contributed by atoms with Gasteiger partial charge in [-0.1, -0.05) is 74.5 Å². The number of fused-ring (bicyclic) bond motifs is 1. The molecule has 40 heavy (non-hydrogen) atoms. The number of nitrogens with zero attached hydrogens (tertiary/aromatic N) is 3. The quantitative estimate of drug-likeness (QED) is 0.0942. The molecule has 0 bridgehead atoms. The summed E-state index contributed by atoms with van der Waals surface area (Å²) in [5, 5.41) is 5.43. The lowest BCUT2D eigenvalue weighted by Gasteiger charge is -2.25. The first-order valence-electron chi connectivity index (χ1n) is 13.5. The predicted molar refractivity (Wildman–Crippen MR) is 164 cm³/mol. The monoisotopic (exact) mass is 532 g/mol. The Morgan fingerprint density at radius 2 is 1.45 bits per heavy atom. The molecule has 1 aromatic heterocycles. The van der Waals surface area contributed by atoms with Crippen molar-refractivity contribution in [2.24, 2.45) is 18.0 Å². The highest BCUT2D eigenvalue weighted by atomic mass is 16.5. The Bertz CT molecular complexity index is 1610. The number of hydrazone groups is 1. The lowest BCUT2D eigenvalue weighted by molar-refractivity contribution is 0.287.